The average Bonchev–Trinajstić information content (AvgIpc) is 3.12. The summed E-state index contributed by atoms with van der Waals surface area (Å²) in [5, 5.41) is 10.1. The fourth-order valence-corrected chi connectivity index (χ4v) is 8.16. The topological polar surface area (TPSA) is 158 Å². The van der Waals surface area contributed by atoms with E-state index in [4.69, 9.17) is 5.73 Å². The fourth-order valence-electron chi connectivity index (χ4n) is 5.80. The third kappa shape index (κ3) is 44.0. The summed E-state index contributed by atoms with van der Waals surface area (Å²) in [4.78, 5) is 2.33. The smallest absolute Gasteiger partial charge is 0.211 e. The molecule has 0 atom stereocenters. The second kappa shape index (κ2) is 41.8. The van der Waals surface area contributed by atoms with Crippen LogP contribution >= 0.6 is 0 Å². The van der Waals surface area contributed by atoms with Gasteiger partial charge in [-0.25, -0.2) is 26.3 Å². The maximum Gasteiger partial charge on any atom is 0.211 e. The Hall–Kier alpha value is -0.380. The van der Waals surface area contributed by atoms with Crippen LogP contribution in [0.2, 0.25) is 0 Å². The Labute approximate surface area is 324 Å². The Morgan fingerprint density at radius 3 is 1.21 bits per heavy atom. The number of hydrogen-bond donors (Lipinski definition) is 6. The Kier molecular flexibility index (Phi) is 43.2. The summed E-state index contributed by atoms with van der Waals surface area (Å²) in [6.07, 6.45) is 22.9. The van der Waals surface area contributed by atoms with E-state index in [9.17, 15) is 16.8 Å². The molecule has 0 saturated heterocycles. The third-order valence-corrected chi connectivity index (χ3v) is 11.9. The minimum absolute atomic E-state index is 0.214. The van der Waals surface area contributed by atoms with Gasteiger partial charge in [-0.1, -0.05) is 105 Å². The summed E-state index contributed by atoms with van der Waals surface area (Å²) in [7, 11) is -6.42. The molecular weight excluding hydrogens is 695 g/mol. The number of rotatable bonds is 41. The van der Waals surface area contributed by atoms with Gasteiger partial charge in [-0.3, -0.25) is 0 Å². The average molecular weight is 784 g/mol. The van der Waals surface area contributed by atoms with E-state index < -0.39 is 20.0 Å². The first-order valence-electron chi connectivity index (χ1n) is 21.7. The zero-order chi connectivity index (χ0) is 38.9. The van der Waals surface area contributed by atoms with Gasteiger partial charge in [-0.05, 0) is 123 Å². The Balaban J connectivity index is 0. The summed E-state index contributed by atoms with van der Waals surface area (Å²) in [5.41, 5.74) is 5.37. The van der Waals surface area contributed by atoms with Gasteiger partial charge in [0.25, 0.3) is 0 Å². The van der Waals surface area contributed by atoms with Gasteiger partial charge in [0.05, 0.1) is 11.5 Å². The van der Waals surface area contributed by atoms with Crippen molar-refractivity contribution in [2.75, 3.05) is 90.0 Å². The summed E-state index contributed by atoms with van der Waals surface area (Å²) in [6, 6.07) is 0. The van der Waals surface area contributed by atoms with Crippen molar-refractivity contribution < 1.29 is 16.8 Å². The molecule has 316 valence electrons. The van der Waals surface area contributed by atoms with E-state index in [1.165, 1.54) is 70.6 Å². The molecule has 0 aromatic rings. The molecule has 0 spiro atoms. The van der Waals surface area contributed by atoms with Gasteiger partial charge < -0.3 is 26.6 Å². The van der Waals surface area contributed by atoms with Crippen molar-refractivity contribution in [2.24, 2.45) is 5.73 Å². The molecular formula is C39H89N7O4S2. The molecule has 0 aromatic carbocycles. The van der Waals surface area contributed by atoms with E-state index >= 15 is 0 Å². The van der Waals surface area contributed by atoms with Crippen LogP contribution in [-0.2, 0) is 20.0 Å². The van der Waals surface area contributed by atoms with Crippen molar-refractivity contribution in [3.8, 4) is 0 Å². The van der Waals surface area contributed by atoms with E-state index in [2.05, 4.69) is 58.0 Å². The fraction of sp³-hybridized carbons (Fsp3) is 1.00. The summed E-state index contributed by atoms with van der Waals surface area (Å²) >= 11 is 0. The van der Waals surface area contributed by atoms with Crippen LogP contribution in [0.15, 0.2) is 0 Å². The molecule has 0 fully saturated rings. The second-order valence-corrected chi connectivity index (χ2v) is 18.1. The second-order valence-electron chi connectivity index (χ2n) is 14.3. The highest BCUT2D eigenvalue weighted by atomic mass is 32.2. The van der Waals surface area contributed by atoms with Gasteiger partial charge in [0.15, 0.2) is 0 Å². The van der Waals surface area contributed by atoms with Crippen LogP contribution < -0.4 is 31.1 Å². The van der Waals surface area contributed by atoms with Gasteiger partial charge in [0, 0.05) is 13.1 Å². The highest BCUT2D eigenvalue weighted by Gasteiger charge is 2.12. The molecule has 0 radical (unpaired) electrons. The first-order valence-corrected chi connectivity index (χ1v) is 25.0. The van der Waals surface area contributed by atoms with Crippen molar-refractivity contribution >= 4 is 20.0 Å². The minimum Gasteiger partial charge on any atom is -0.330 e. The van der Waals surface area contributed by atoms with E-state index in [1.807, 2.05) is 0 Å². The molecule has 0 aliphatic heterocycles. The maximum absolute atomic E-state index is 12.3. The number of sulfonamides is 2. The van der Waals surface area contributed by atoms with Crippen molar-refractivity contribution in [1.82, 2.24) is 30.3 Å². The molecule has 11 nitrogen and oxygen atoms in total. The molecule has 0 saturated carbocycles. The molecule has 52 heavy (non-hydrogen) atoms. The standard InChI is InChI=1S/C29H64N4O4S2.C10H25N3/c1-4-7-9-11-13-15-17-28-38(34,35)31-23-20-26-33(25-19-22-30-6-3)27-21-24-32-39(36,37)29-18-16-14-12-10-8-5-2;1-2-7-12-8-3-4-9-13-10-5-6-11/h30-32H,4-29H2,1-3H3;12-13H,2-11H2,1H3. The van der Waals surface area contributed by atoms with Crippen LogP contribution in [0, 0.1) is 0 Å². The molecule has 0 aliphatic carbocycles. The molecule has 0 heterocycles. The molecule has 7 N–H and O–H groups in total. The van der Waals surface area contributed by atoms with Gasteiger partial charge in [-0.15, -0.1) is 0 Å². The zero-order valence-electron chi connectivity index (χ0n) is 34.7. The number of nitrogens with two attached hydrogens (primary N) is 1. The van der Waals surface area contributed by atoms with Crippen molar-refractivity contribution in [3.05, 3.63) is 0 Å². The summed E-state index contributed by atoms with van der Waals surface area (Å²) in [6.45, 7) is 19.3. The van der Waals surface area contributed by atoms with E-state index in [0.29, 0.717) is 13.1 Å². The predicted octanol–water partition coefficient (Wildman–Crippen LogP) is 6.11. The Bertz CT molecular complexity index is 846. The predicted molar refractivity (Wildman–Crippen MR) is 227 cm³/mol. The highest BCUT2D eigenvalue weighted by Crippen LogP contribution is 2.09. The quantitative estimate of drug-likeness (QED) is 0.0403. The lowest BCUT2D eigenvalue weighted by Crippen LogP contribution is -2.35. The van der Waals surface area contributed by atoms with E-state index in [0.717, 1.165) is 130 Å². The van der Waals surface area contributed by atoms with Crippen LogP contribution in [0.4, 0.5) is 0 Å². The zero-order valence-corrected chi connectivity index (χ0v) is 36.4. The van der Waals surface area contributed by atoms with Crippen LogP contribution in [0.3, 0.4) is 0 Å². The Morgan fingerprint density at radius 2 is 0.788 bits per heavy atom. The van der Waals surface area contributed by atoms with Crippen molar-refractivity contribution in [3.63, 3.8) is 0 Å². The normalized spacial score (nSPS) is 12.0. The van der Waals surface area contributed by atoms with Crippen LogP contribution in [0.5, 0.6) is 0 Å². The lowest BCUT2D eigenvalue weighted by Gasteiger charge is -2.22. The van der Waals surface area contributed by atoms with Crippen LogP contribution in [-0.4, -0.2) is 112 Å². The molecule has 0 amide bonds. The van der Waals surface area contributed by atoms with Gasteiger partial charge >= 0.3 is 0 Å². The molecule has 0 rings (SSSR count). The van der Waals surface area contributed by atoms with Crippen molar-refractivity contribution in [1.29, 1.82) is 0 Å². The molecule has 0 unspecified atom stereocenters. The lowest BCUT2D eigenvalue weighted by atomic mass is 10.1. The minimum atomic E-state index is -3.21. The maximum atomic E-state index is 12.3. The molecule has 0 aromatic heterocycles. The number of unbranched alkanes of at least 4 members (excludes halogenated alkanes) is 13. The number of nitrogens with one attached hydrogen (secondary N) is 5. The molecule has 13 heteroatoms. The van der Waals surface area contributed by atoms with Crippen LogP contribution in [0.25, 0.3) is 0 Å². The van der Waals surface area contributed by atoms with E-state index in [-0.39, 0.29) is 11.5 Å². The SMILES string of the molecule is CCCCCCCCCS(=O)(=O)NCCCN(CCCNCC)CCCNS(=O)(=O)CCCCCCCCC.CCCNCCCCNCCCN. The summed E-state index contributed by atoms with van der Waals surface area (Å²) in [5.74, 6) is 0.429. The van der Waals surface area contributed by atoms with Gasteiger partial charge in [0.2, 0.25) is 20.0 Å². The van der Waals surface area contributed by atoms with Crippen molar-refractivity contribution in [2.45, 2.75) is 163 Å². The number of nitrogens with zero attached hydrogens (tertiary/aromatic N) is 1. The Morgan fingerprint density at radius 1 is 0.404 bits per heavy atom. The van der Waals surface area contributed by atoms with E-state index in [1.54, 1.807) is 0 Å². The lowest BCUT2D eigenvalue weighted by molar-refractivity contribution is 0.264. The van der Waals surface area contributed by atoms with Crippen LogP contribution in [0.1, 0.15) is 163 Å². The van der Waals surface area contributed by atoms with Gasteiger partial charge in [-0.2, -0.15) is 0 Å². The van der Waals surface area contributed by atoms with Gasteiger partial charge in [0.1, 0.15) is 0 Å². The third-order valence-electron chi connectivity index (χ3n) is 9.00. The number of hydrogen-bond acceptors (Lipinski definition) is 9. The summed E-state index contributed by atoms with van der Waals surface area (Å²) < 4.78 is 54.8. The first-order chi connectivity index (χ1) is 25.2. The first kappa shape index (κ1) is 53.7. The highest BCUT2D eigenvalue weighted by molar-refractivity contribution is 7.89. The monoisotopic (exact) mass is 784 g/mol. The molecule has 0 aliphatic rings. The largest absolute Gasteiger partial charge is 0.330 e. The molecule has 0 bridgehead atoms.